The molecule has 20 heavy (non-hydrogen) atoms. The van der Waals surface area contributed by atoms with Gasteiger partial charge in [-0.15, -0.1) is 0 Å². The van der Waals surface area contributed by atoms with Gasteiger partial charge < -0.3 is 15.4 Å². The van der Waals surface area contributed by atoms with E-state index >= 15 is 0 Å². The lowest BCUT2D eigenvalue weighted by molar-refractivity contribution is 0.122. The number of nitrogens with two attached hydrogens (primary N) is 1. The zero-order valence-electron chi connectivity index (χ0n) is 12.5. The number of aryl methyl sites for hydroxylation is 1. The summed E-state index contributed by atoms with van der Waals surface area (Å²) in [6.07, 6.45) is 5.11. The molecule has 1 saturated carbocycles. The van der Waals surface area contributed by atoms with E-state index in [1.165, 1.54) is 42.5 Å². The topological polar surface area (TPSA) is 38.5 Å². The van der Waals surface area contributed by atoms with Crippen molar-refractivity contribution >= 4 is 5.69 Å². The van der Waals surface area contributed by atoms with Crippen molar-refractivity contribution in [1.82, 2.24) is 0 Å². The molecule has 1 aromatic carbocycles. The van der Waals surface area contributed by atoms with Crippen LogP contribution in [0.3, 0.4) is 0 Å². The number of rotatable bonds is 3. The molecule has 0 amide bonds. The van der Waals surface area contributed by atoms with E-state index in [-0.39, 0.29) is 5.41 Å². The molecular weight excluding hydrogens is 248 g/mol. The van der Waals surface area contributed by atoms with Crippen molar-refractivity contribution in [2.75, 3.05) is 37.7 Å². The summed E-state index contributed by atoms with van der Waals surface area (Å²) in [7, 11) is 0. The highest BCUT2D eigenvalue weighted by Gasteiger charge is 2.37. The van der Waals surface area contributed by atoms with Crippen LogP contribution in [-0.2, 0) is 10.2 Å². The zero-order chi connectivity index (χ0) is 14.0. The van der Waals surface area contributed by atoms with E-state index in [0.717, 1.165) is 32.8 Å². The molecule has 2 fully saturated rings. The third kappa shape index (κ3) is 2.45. The molecule has 1 heterocycles. The van der Waals surface area contributed by atoms with Crippen LogP contribution in [0.2, 0.25) is 0 Å². The van der Waals surface area contributed by atoms with Crippen molar-refractivity contribution in [3.8, 4) is 0 Å². The van der Waals surface area contributed by atoms with E-state index in [4.69, 9.17) is 10.5 Å². The highest BCUT2D eigenvalue weighted by atomic mass is 16.5. The van der Waals surface area contributed by atoms with Crippen molar-refractivity contribution in [1.29, 1.82) is 0 Å². The van der Waals surface area contributed by atoms with Crippen LogP contribution in [0.15, 0.2) is 18.2 Å². The number of hydrogen-bond donors (Lipinski definition) is 1. The number of hydrogen-bond acceptors (Lipinski definition) is 3. The molecule has 3 rings (SSSR count). The minimum atomic E-state index is 0.208. The Hall–Kier alpha value is -1.06. The van der Waals surface area contributed by atoms with Gasteiger partial charge in [-0.1, -0.05) is 30.5 Å². The van der Waals surface area contributed by atoms with Crippen molar-refractivity contribution < 1.29 is 4.74 Å². The summed E-state index contributed by atoms with van der Waals surface area (Å²) in [6, 6.07) is 6.90. The van der Waals surface area contributed by atoms with Crippen LogP contribution >= 0.6 is 0 Å². The van der Waals surface area contributed by atoms with Crippen LogP contribution in [0.1, 0.15) is 36.8 Å². The summed E-state index contributed by atoms with van der Waals surface area (Å²) in [5.74, 6) is 0. The summed E-state index contributed by atoms with van der Waals surface area (Å²) >= 11 is 0. The quantitative estimate of drug-likeness (QED) is 0.921. The Morgan fingerprint density at radius 1 is 1.20 bits per heavy atom. The van der Waals surface area contributed by atoms with Crippen LogP contribution in [0, 0.1) is 6.92 Å². The van der Waals surface area contributed by atoms with Crippen molar-refractivity contribution in [3.63, 3.8) is 0 Å². The first-order chi connectivity index (χ1) is 9.75. The predicted molar refractivity (Wildman–Crippen MR) is 83.4 cm³/mol. The first kappa shape index (κ1) is 13.9. The van der Waals surface area contributed by atoms with Gasteiger partial charge in [0.05, 0.1) is 13.2 Å². The summed E-state index contributed by atoms with van der Waals surface area (Å²) in [6.45, 7) is 6.62. The Morgan fingerprint density at radius 3 is 2.55 bits per heavy atom. The number of nitrogens with zero attached hydrogens (tertiary/aromatic N) is 1. The lowest BCUT2D eigenvalue weighted by atomic mass is 9.77. The maximum atomic E-state index is 6.21. The number of benzene rings is 1. The van der Waals surface area contributed by atoms with Crippen LogP contribution in [-0.4, -0.2) is 32.8 Å². The summed E-state index contributed by atoms with van der Waals surface area (Å²) in [5, 5.41) is 0. The molecule has 3 heteroatoms. The van der Waals surface area contributed by atoms with E-state index in [1.807, 2.05) is 0 Å². The number of ether oxygens (including phenoxy) is 1. The van der Waals surface area contributed by atoms with E-state index in [1.54, 1.807) is 0 Å². The molecule has 0 bridgehead atoms. The third-order valence-electron chi connectivity index (χ3n) is 5.03. The number of anilines is 1. The second-order valence-corrected chi connectivity index (χ2v) is 6.31. The van der Waals surface area contributed by atoms with Crippen LogP contribution < -0.4 is 10.6 Å². The van der Waals surface area contributed by atoms with Gasteiger partial charge >= 0.3 is 0 Å². The molecule has 2 aliphatic rings. The molecule has 1 aliphatic heterocycles. The fraction of sp³-hybridized carbons (Fsp3) is 0.647. The molecule has 1 aliphatic carbocycles. The molecule has 0 radical (unpaired) electrons. The summed E-state index contributed by atoms with van der Waals surface area (Å²) < 4.78 is 5.50. The van der Waals surface area contributed by atoms with Crippen molar-refractivity contribution in [2.45, 2.75) is 38.0 Å². The van der Waals surface area contributed by atoms with Gasteiger partial charge in [0.15, 0.2) is 0 Å². The average Bonchev–Trinajstić information content (AvgIpc) is 2.98. The lowest BCUT2D eigenvalue weighted by Crippen LogP contribution is -2.40. The molecule has 0 unspecified atom stereocenters. The van der Waals surface area contributed by atoms with Crippen LogP contribution in [0.25, 0.3) is 0 Å². The fourth-order valence-electron chi connectivity index (χ4n) is 3.79. The first-order valence-corrected chi connectivity index (χ1v) is 7.89. The van der Waals surface area contributed by atoms with Gasteiger partial charge in [0, 0.05) is 30.7 Å². The molecule has 0 atom stereocenters. The maximum absolute atomic E-state index is 6.21. The smallest absolute Gasteiger partial charge is 0.0642 e. The standard InChI is InChI=1S/C17H26N2O/c1-14-4-5-16(19-8-10-20-11-9-19)15(12-14)17(13-18)6-2-3-7-17/h4-5,12H,2-3,6-11,13,18H2,1H3. The summed E-state index contributed by atoms with van der Waals surface area (Å²) in [5.41, 5.74) is 10.6. The first-order valence-electron chi connectivity index (χ1n) is 7.89. The van der Waals surface area contributed by atoms with Gasteiger partial charge in [-0.2, -0.15) is 0 Å². The molecule has 0 spiro atoms. The minimum Gasteiger partial charge on any atom is -0.378 e. The predicted octanol–water partition coefficient (Wildman–Crippen LogP) is 2.60. The normalized spacial score (nSPS) is 22.2. The van der Waals surface area contributed by atoms with E-state index in [9.17, 15) is 0 Å². The molecule has 110 valence electrons. The van der Waals surface area contributed by atoms with Gasteiger partial charge in [-0.25, -0.2) is 0 Å². The van der Waals surface area contributed by atoms with Gasteiger partial charge in [-0.3, -0.25) is 0 Å². The molecule has 2 N–H and O–H groups in total. The second kappa shape index (κ2) is 5.74. The second-order valence-electron chi connectivity index (χ2n) is 6.31. The van der Waals surface area contributed by atoms with Gasteiger partial charge in [0.1, 0.15) is 0 Å². The zero-order valence-corrected chi connectivity index (χ0v) is 12.5. The number of morpholine rings is 1. The van der Waals surface area contributed by atoms with Gasteiger partial charge in [-0.05, 0) is 31.4 Å². The Balaban J connectivity index is 2.01. The molecule has 3 nitrogen and oxygen atoms in total. The lowest BCUT2D eigenvalue weighted by Gasteiger charge is -2.36. The highest BCUT2D eigenvalue weighted by molar-refractivity contribution is 5.59. The SMILES string of the molecule is Cc1ccc(N2CCOCC2)c(C2(CN)CCCC2)c1. The third-order valence-corrected chi connectivity index (χ3v) is 5.03. The van der Waals surface area contributed by atoms with Crippen LogP contribution in [0.4, 0.5) is 5.69 Å². The molecule has 0 aromatic heterocycles. The molecule has 1 aromatic rings. The van der Waals surface area contributed by atoms with Gasteiger partial charge in [0.2, 0.25) is 0 Å². The fourth-order valence-corrected chi connectivity index (χ4v) is 3.79. The van der Waals surface area contributed by atoms with Crippen LogP contribution in [0.5, 0.6) is 0 Å². The average molecular weight is 274 g/mol. The van der Waals surface area contributed by atoms with Crippen molar-refractivity contribution in [2.24, 2.45) is 5.73 Å². The Morgan fingerprint density at radius 2 is 1.90 bits per heavy atom. The maximum Gasteiger partial charge on any atom is 0.0642 e. The molecule has 1 saturated heterocycles. The Kier molecular flexibility index (Phi) is 3.99. The van der Waals surface area contributed by atoms with Gasteiger partial charge in [0.25, 0.3) is 0 Å². The van der Waals surface area contributed by atoms with E-state index < -0.39 is 0 Å². The highest BCUT2D eigenvalue weighted by Crippen LogP contribution is 2.44. The largest absolute Gasteiger partial charge is 0.378 e. The minimum absolute atomic E-state index is 0.208. The summed E-state index contributed by atoms with van der Waals surface area (Å²) in [4.78, 5) is 2.48. The van der Waals surface area contributed by atoms with E-state index in [2.05, 4.69) is 30.0 Å². The Bertz CT molecular complexity index is 460. The molecular formula is C17H26N2O. The van der Waals surface area contributed by atoms with E-state index in [0.29, 0.717) is 0 Å². The van der Waals surface area contributed by atoms with Crippen molar-refractivity contribution in [3.05, 3.63) is 29.3 Å². The Labute approximate surface area is 122 Å². The monoisotopic (exact) mass is 274 g/mol.